The second-order valence-corrected chi connectivity index (χ2v) is 15.9. The number of amides is 6. The fourth-order valence-corrected chi connectivity index (χ4v) is 7.40. The fourth-order valence-electron chi connectivity index (χ4n) is 7.40. The predicted octanol–water partition coefficient (Wildman–Crippen LogP) is 0.469. The molecule has 13 N–H and O–H groups in total. The summed E-state index contributed by atoms with van der Waals surface area (Å²) in [4.78, 5) is 107. The van der Waals surface area contributed by atoms with E-state index in [1.54, 1.807) is 32.4 Å². The Bertz CT molecular complexity index is 2440. The van der Waals surface area contributed by atoms with E-state index in [0.717, 1.165) is 27.4 Å². The average molecular weight is 880 g/mol. The minimum atomic E-state index is -1.26. The Morgan fingerprint density at radius 3 is 1.75 bits per heavy atom. The van der Waals surface area contributed by atoms with Gasteiger partial charge >= 0.3 is 0 Å². The first-order chi connectivity index (χ1) is 30.6. The number of hydrogen-bond acceptors (Lipinski definition) is 9. The number of aromatic amines is 3. The molecule has 20 nitrogen and oxygen atoms in total. The maximum atomic E-state index is 14.3. The molecule has 0 aliphatic rings. The first-order valence-corrected chi connectivity index (χ1v) is 21.0. The van der Waals surface area contributed by atoms with E-state index in [4.69, 9.17) is 11.1 Å². The summed E-state index contributed by atoms with van der Waals surface area (Å²) in [5.41, 5.74) is 9.01. The van der Waals surface area contributed by atoms with E-state index in [1.807, 2.05) is 48.5 Å². The maximum Gasteiger partial charge on any atom is 0.243 e. The van der Waals surface area contributed by atoms with Gasteiger partial charge in [0.1, 0.15) is 24.2 Å². The van der Waals surface area contributed by atoms with Crippen molar-refractivity contribution in [3.8, 4) is 0 Å². The van der Waals surface area contributed by atoms with Gasteiger partial charge in [0.25, 0.3) is 0 Å². The Hall–Kier alpha value is -7.51. The number of imidazole rings is 1. The van der Waals surface area contributed by atoms with Gasteiger partial charge in [-0.15, -0.1) is 0 Å². The van der Waals surface area contributed by atoms with Crippen LogP contribution < -0.4 is 43.0 Å². The molecule has 3 heterocycles. The summed E-state index contributed by atoms with van der Waals surface area (Å²) in [5, 5.41) is 28.0. The number of Topliss-reactive ketones (excluding diaryl/α,β-unsaturated/α-hetero) is 1. The van der Waals surface area contributed by atoms with Gasteiger partial charge in [-0.1, -0.05) is 50.2 Å². The van der Waals surface area contributed by atoms with Crippen LogP contribution in [0.1, 0.15) is 57.4 Å². The van der Waals surface area contributed by atoms with Crippen LogP contribution in [0.3, 0.4) is 0 Å². The smallest absolute Gasteiger partial charge is 0.243 e. The minimum Gasteiger partial charge on any atom is -0.370 e. The lowest BCUT2D eigenvalue weighted by atomic mass is 9.99. The number of carbonyl (C=O) groups excluding carboxylic acids is 7. The van der Waals surface area contributed by atoms with Crippen molar-refractivity contribution in [1.82, 2.24) is 57.2 Å². The van der Waals surface area contributed by atoms with Crippen molar-refractivity contribution in [2.45, 2.75) is 90.0 Å². The number of benzene rings is 2. The van der Waals surface area contributed by atoms with Crippen molar-refractivity contribution in [2.24, 2.45) is 11.7 Å². The number of aromatic nitrogens is 4. The molecule has 340 valence electrons. The van der Waals surface area contributed by atoms with Crippen molar-refractivity contribution in [2.75, 3.05) is 13.1 Å². The molecule has 3 aromatic heterocycles. The summed E-state index contributed by atoms with van der Waals surface area (Å²) >= 11 is 0. The normalized spacial score (nSPS) is 13.5. The van der Waals surface area contributed by atoms with Crippen LogP contribution in [0, 0.1) is 11.3 Å². The molecule has 0 saturated carbocycles. The molecule has 20 heteroatoms. The number of guanidine groups is 1. The molecule has 6 amide bonds. The lowest BCUT2D eigenvalue weighted by Crippen LogP contribution is -2.58. The van der Waals surface area contributed by atoms with E-state index in [-0.39, 0.29) is 56.3 Å². The van der Waals surface area contributed by atoms with E-state index in [1.165, 1.54) is 20.2 Å². The van der Waals surface area contributed by atoms with E-state index in [2.05, 4.69) is 57.2 Å². The van der Waals surface area contributed by atoms with Crippen molar-refractivity contribution in [1.29, 1.82) is 5.41 Å². The zero-order chi connectivity index (χ0) is 46.3. The molecular formula is C44H57N13O7. The van der Waals surface area contributed by atoms with Gasteiger partial charge in [-0.25, -0.2) is 4.98 Å². The largest absolute Gasteiger partial charge is 0.370 e. The Kier molecular flexibility index (Phi) is 16.7. The first kappa shape index (κ1) is 47.5. The Morgan fingerprint density at radius 2 is 1.22 bits per heavy atom. The highest BCUT2D eigenvalue weighted by Gasteiger charge is 2.32. The standard InChI is InChI=1S/C44H57N13O7/c1-24(2)39(25(3)58)57-43(64)35(16-27-19-49-32-12-7-5-10-30(27)32)54-38(60)22-51-40(61)34(14-9-15-48-44(45)46)55-41(62)36(17-28-20-50-33-13-8-6-11-31(28)33)56-42(63)37(53-26(4)59)18-29-21-47-23-52-29/h5-8,10-13,19-21,23-24,34-37,39,49-50H,9,14-18,22H2,1-4H3,(H,47,52)(H,51,61)(H,53,59)(H,54,60)(H,55,62)(H,56,63)(H,57,64)(H4,45,46,48)/t34-,35-,36-,37-,39-/m0/s1. The third kappa shape index (κ3) is 13.5. The molecule has 0 aliphatic carbocycles. The minimum absolute atomic E-state index is 0.0133. The van der Waals surface area contributed by atoms with Crippen LogP contribution in [0.25, 0.3) is 21.8 Å². The van der Waals surface area contributed by atoms with E-state index < -0.39 is 72.2 Å². The number of nitrogens with two attached hydrogens (primary N) is 1. The lowest BCUT2D eigenvalue weighted by molar-refractivity contribution is -0.134. The molecule has 0 saturated heterocycles. The van der Waals surface area contributed by atoms with Gasteiger partial charge in [0.2, 0.25) is 35.4 Å². The molecule has 64 heavy (non-hydrogen) atoms. The van der Waals surface area contributed by atoms with Crippen LogP contribution in [-0.2, 0) is 52.8 Å². The van der Waals surface area contributed by atoms with Crippen LogP contribution in [-0.4, -0.2) is 110 Å². The predicted molar refractivity (Wildman–Crippen MR) is 239 cm³/mol. The maximum absolute atomic E-state index is 14.3. The molecule has 0 spiro atoms. The van der Waals surface area contributed by atoms with E-state index in [9.17, 15) is 33.6 Å². The first-order valence-electron chi connectivity index (χ1n) is 21.0. The lowest BCUT2D eigenvalue weighted by Gasteiger charge is -2.26. The third-order valence-corrected chi connectivity index (χ3v) is 10.6. The Labute approximate surface area is 369 Å². The highest BCUT2D eigenvalue weighted by Crippen LogP contribution is 2.21. The summed E-state index contributed by atoms with van der Waals surface area (Å²) in [6.45, 7) is 5.83. The molecule has 5 atom stereocenters. The number of fused-ring (bicyclic) bond motifs is 2. The fraction of sp³-hybridized carbons (Fsp3) is 0.386. The second kappa shape index (κ2) is 22.5. The summed E-state index contributed by atoms with van der Waals surface area (Å²) < 4.78 is 0. The van der Waals surface area contributed by atoms with Crippen molar-refractivity contribution >= 4 is 69.0 Å². The summed E-state index contributed by atoms with van der Waals surface area (Å²) in [6.07, 6.45) is 6.82. The molecule has 0 radical (unpaired) electrons. The summed E-state index contributed by atoms with van der Waals surface area (Å²) in [7, 11) is 0. The summed E-state index contributed by atoms with van der Waals surface area (Å²) in [6, 6.07) is 9.32. The molecular weight excluding hydrogens is 823 g/mol. The number of para-hydroxylation sites is 2. The third-order valence-electron chi connectivity index (χ3n) is 10.6. The molecule has 0 bridgehead atoms. The molecule has 2 aromatic carbocycles. The Morgan fingerprint density at radius 1 is 0.672 bits per heavy atom. The van der Waals surface area contributed by atoms with Gasteiger partial charge in [0, 0.05) is 73.1 Å². The molecule has 5 aromatic rings. The van der Waals surface area contributed by atoms with E-state index in [0.29, 0.717) is 11.3 Å². The summed E-state index contributed by atoms with van der Waals surface area (Å²) in [5.74, 6) is -4.69. The number of carbonyl (C=O) groups is 7. The zero-order valence-corrected chi connectivity index (χ0v) is 36.2. The van der Waals surface area contributed by atoms with Crippen LogP contribution in [0.4, 0.5) is 0 Å². The molecule has 0 fully saturated rings. The van der Waals surface area contributed by atoms with Crippen molar-refractivity contribution < 1.29 is 33.6 Å². The van der Waals surface area contributed by atoms with Crippen molar-refractivity contribution in [3.05, 3.63) is 90.3 Å². The van der Waals surface area contributed by atoms with Gasteiger partial charge in [0.05, 0.1) is 24.6 Å². The SMILES string of the molecule is CC(=O)N[C@@H](Cc1c[nH]cn1)C(=O)N[C@@H](Cc1c[nH]c2ccccc12)C(=O)N[C@@H](CCCNC(=N)N)C(=O)NCC(=O)N[C@@H](Cc1c[nH]c2ccccc12)C(=O)N[C@H](C(C)=O)C(C)C. The van der Waals surface area contributed by atoms with Gasteiger partial charge in [0.15, 0.2) is 11.7 Å². The monoisotopic (exact) mass is 879 g/mol. The Balaban J connectivity index is 1.34. The number of H-pyrrole nitrogens is 3. The number of hydrogen-bond donors (Lipinski definition) is 12. The number of ketones is 1. The van der Waals surface area contributed by atoms with Gasteiger partial charge in [-0.05, 0) is 48.9 Å². The average Bonchev–Trinajstić information content (AvgIpc) is 4.02. The highest BCUT2D eigenvalue weighted by atomic mass is 16.2. The molecule has 0 aliphatic heterocycles. The van der Waals surface area contributed by atoms with Gasteiger partial charge in [-0.2, -0.15) is 0 Å². The van der Waals surface area contributed by atoms with Crippen molar-refractivity contribution in [3.63, 3.8) is 0 Å². The number of nitrogens with one attached hydrogen (secondary N) is 11. The van der Waals surface area contributed by atoms with Gasteiger partial charge in [-0.3, -0.25) is 39.0 Å². The second-order valence-electron chi connectivity index (χ2n) is 15.9. The number of rotatable bonds is 23. The molecule has 0 unspecified atom stereocenters. The molecule has 5 rings (SSSR count). The zero-order valence-electron chi connectivity index (χ0n) is 36.2. The van der Waals surface area contributed by atoms with Crippen LogP contribution >= 0.6 is 0 Å². The van der Waals surface area contributed by atoms with Gasteiger partial charge < -0.3 is 57.9 Å². The number of nitrogens with zero attached hydrogens (tertiary/aromatic N) is 1. The highest BCUT2D eigenvalue weighted by molar-refractivity contribution is 5.97. The van der Waals surface area contributed by atoms with Crippen LogP contribution in [0.5, 0.6) is 0 Å². The quantitative estimate of drug-likeness (QED) is 0.0245. The topological polar surface area (TPSA) is 314 Å². The van der Waals surface area contributed by atoms with Crippen LogP contribution in [0.2, 0.25) is 0 Å². The van der Waals surface area contributed by atoms with E-state index >= 15 is 0 Å². The van der Waals surface area contributed by atoms with Crippen LogP contribution in [0.15, 0.2) is 73.4 Å².